The Morgan fingerprint density at radius 2 is 1.88 bits per heavy atom. The molecule has 4 atom stereocenters. The van der Waals surface area contributed by atoms with Crippen molar-refractivity contribution in [3.8, 4) is 5.75 Å². The summed E-state index contributed by atoms with van der Waals surface area (Å²) in [6.45, 7) is 0.408. The number of rotatable bonds is 6. The third-order valence-electron chi connectivity index (χ3n) is 5.35. The van der Waals surface area contributed by atoms with Gasteiger partial charge >= 0.3 is 0 Å². The van der Waals surface area contributed by atoms with E-state index in [0.29, 0.717) is 18.9 Å². The summed E-state index contributed by atoms with van der Waals surface area (Å²) < 4.78 is 6.46. The predicted octanol–water partition coefficient (Wildman–Crippen LogP) is 1.75. The largest absolute Gasteiger partial charge is 0.492 e. The van der Waals surface area contributed by atoms with Crippen molar-refractivity contribution in [2.24, 2.45) is 23.7 Å². The molecule has 1 heterocycles. The zero-order valence-corrected chi connectivity index (χ0v) is 15.6. The molecule has 1 saturated heterocycles. The number of hydrogen-bond acceptors (Lipinski definition) is 4. The molecule has 0 radical (unpaired) electrons. The smallest absolute Gasteiger partial charge is 0.240 e. The number of imide groups is 1. The zero-order chi connectivity index (χ0) is 18.3. The zero-order valence-electron chi connectivity index (χ0n) is 14.1. The highest BCUT2D eigenvalue weighted by Gasteiger charge is 2.59. The maximum Gasteiger partial charge on any atom is 0.240 e. The van der Waals surface area contributed by atoms with Crippen LogP contribution in [0, 0.1) is 23.7 Å². The van der Waals surface area contributed by atoms with Crippen molar-refractivity contribution in [1.29, 1.82) is 0 Å². The number of carbonyl (C=O) groups is 3. The number of nitrogens with one attached hydrogen (secondary N) is 1. The molecule has 1 aromatic rings. The van der Waals surface area contributed by atoms with Crippen LogP contribution in [0.2, 0.25) is 0 Å². The van der Waals surface area contributed by atoms with Gasteiger partial charge in [-0.25, -0.2) is 0 Å². The third kappa shape index (κ3) is 3.05. The molecule has 4 rings (SSSR count). The second-order valence-corrected chi connectivity index (χ2v) is 7.83. The fourth-order valence-corrected chi connectivity index (χ4v) is 4.61. The Bertz CT molecular complexity index is 763. The van der Waals surface area contributed by atoms with E-state index in [-0.39, 0.29) is 47.9 Å². The standard InChI is InChI=1S/C19H19BrN2O4/c20-13-2-1-3-14(9-13)26-7-6-21-15(23)10-22-18(24)16-11-4-5-12(8-11)17(16)19(22)25/h1-5,9,11-12,16-17H,6-8,10H2,(H,21,23)/t11-,12-,16-,17-/m0/s1. The summed E-state index contributed by atoms with van der Waals surface area (Å²) >= 11 is 3.36. The molecule has 1 N–H and O–H groups in total. The van der Waals surface area contributed by atoms with Gasteiger partial charge in [-0.15, -0.1) is 0 Å². The number of carbonyl (C=O) groups excluding carboxylic acids is 3. The van der Waals surface area contributed by atoms with Crippen LogP contribution in [0.5, 0.6) is 5.75 Å². The van der Waals surface area contributed by atoms with Crippen LogP contribution in [0.1, 0.15) is 6.42 Å². The lowest BCUT2D eigenvalue weighted by Gasteiger charge is -2.16. The summed E-state index contributed by atoms with van der Waals surface area (Å²) in [5.41, 5.74) is 0. The quantitative estimate of drug-likeness (QED) is 0.433. The first-order valence-corrected chi connectivity index (χ1v) is 9.52. The minimum Gasteiger partial charge on any atom is -0.492 e. The number of fused-ring (bicyclic) bond motifs is 5. The van der Waals surface area contributed by atoms with Crippen molar-refractivity contribution in [1.82, 2.24) is 10.2 Å². The summed E-state index contributed by atoms with van der Waals surface area (Å²) in [6.07, 6.45) is 4.97. The first kappa shape index (κ1) is 17.3. The van der Waals surface area contributed by atoms with Gasteiger partial charge in [0.05, 0.1) is 18.4 Å². The molecule has 0 aromatic heterocycles. The van der Waals surface area contributed by atoms with Gasteiger partial charge in [0, 0.05) is 4.47 Å². The maximum absolute atomic E-state index is 12.5. The van der Waals surface area contributed by atoms with Gasteiger partial charge in [0.2, 0.25) is 17.7 Å². The van der Waals surface area contributed by atoms with E-state index < -0.39 is 0 Å². The lowest BCUT2D eigenvalue weighted by Crippen LogP contribution is -2.42. The summed E-state index contributed by atoms with van der Waals surface area (Å²) in [4.78, 5) is 38.3. The van der Waals surface area contributed by atoms with Gasteiger partial charge in [0.15, 0.2) is 0 Å². The van der Waals surface area contributed by atoms with Crippen LogP contribution in [-0.2, 0) is 14.4 Å². The number of amides is 3. The number of hydrogen-bond donors (Lipinski definition) is 1. The molecule has 1 saturated carbocycles. The third-order valence-corrected chi connectivity index (χ3v) is 5.85. The normalized spacial score (nSPS) is 28.6. The molecule has 0 unspecified atom stereocenters. The van der Waals surface area contributed by atoms with Gasteiger partial charge in [-0.2, -0.15) is 0 Å². The van der Waals surface area contributed by atoms with Crippen molar-refractivity contribution in [3.63, 3.8) is 0 Å². The molecule has 6 nitrogen and oxygen atoms in total. The summed E-state index contributed by atoms with van der Waals surface area (Å²) in [5.74, 6) is -0.231. The van der Waals surface area contributed by atoms with Crippen LogP contribution in [0.15, 0.2) is 40.9 Å². The Morgan fingerprint density at radius 3 is 2.54 bits per heavy atom. The Balaban J connectivity index is 1.25. The fourth-order valence-electron chi connectivity index (χ4n) is 4.24. The van der Waals surface area contributed by atoms with E-state index in [0.717, 1.165) is 15.8 Å². The fraction of sp³-hybridized carbons (Fsp3) is 0.421. The summed E-state index contributed by atoms with van der Waals surface area (Å²) in [5, 5.41) is 2.70. The number of benzene rings is 1. The highest BCUT2D eigenvalue weighted by atomic mass is 79.9. The van der Waals surface area contributed by atoms with Crippen molar-refractivity contribution in [3.05, 3.63) is 40.9 Å². The molecule has 136 valence electrons. The van der Waals surface area contributed by atoms with Gasteiger partial charge in [0.25, 0.3) is 0 Å². The first-order chi connectivity index (χ1) is 12.5. The van der Waals surface area contributed by atoms with E-state index >= 15 is 0 Å². The maximum atomic E-state index is 12.5. The molecule has 0 spiro atoms. The minimum atomic E-state index is -0.343. The van der Waals surface area contributed by atoms with Crippen LogP contribution in [0.3, 0.4) is 0 Å². The Labute approximate surface area is 159 Å². The Hall–Kier alpha value is -2.15. The number of likely N-dealkylation sites (tertiary alicyclic amines) is 1. The van der Waals surface area contributed by atoms with E-state index in [9.17, 15) is 14.4 Å². The van der Waals surface area contributed by atoms with Gasteiger partial charge in [0.1, 0.15) is 18.9 Å². The number of nitrogens with zero attached hydrogens (tertiary/aromatic N) is 1. The minimum absolute atomic E-state index is 0.160. The Kier molecular flexibility index (Phi) is 4.56. The monoisotopic (exact) mass is 418 g/mol. The van der Waals surface area contributed by atoms with Crippen molar-refractivity contribution < 1.29 is 19.1 Å². The summed E-state index contributed by atoms with van der Waals surface area (Å²) in [6, 6.07) is 7.43. The molecule has 3 aliphatic rings. The first-order valence-electron chi connectivity index (χ1n) is 8.73. The molecule has 7 heteroatoms. The molecular weight excluding hydrogens is 400 g/mol. The second kappa shape index (κ2) is 6.87. The molecular formula is C19H19BrN2O4. The second-order valence-electron chi connectivity index (χ2n) is 6.92. The van der Waals surface area contributed by atoms with Crippen LogP contribution in [-0.4, -0.2) is 42.3 Å². The Morgan fingerprint density at radius 1 is 1.19 bits per heavy atom. The molecule has 26 heavy (non-hydrogen) atoms. The van der Waals surface area contributed by atoms with Crippen molar-refractivity contribution in [2.75, 3.05) is 19.7 Å². The SMILES string of the molecule is O=C(CN1C(=O)[C@@H]2[C@@H](C1=O)[C@H]1C=C[C@H]2C1)NCCOc1cccc(Br)c1. The van der Waals surface area contributed by atoms with E-state index in [4.69, 9.17) is 4.74 Å². The predicted molar refractivity (Wildman–Crippen MR) is 97.1 cm³/mol. The average molecular weight is 419 g/mol. The topological polar surface area (TPSA) is 75.7 Å². The number of allylic oxidation sites excluding steroid dienone is 2. The summed E-state index contributed by atoms with van der Waals surface area (Å²) in [7, 11) is 0. The average Bonchev–Trinajstić information content (AvgIpc) is 3.29. The molecule has 1 aromatic carbocycles. The lowest BCUT2D eigenvalue weighted by molar-refractivity contribution is -0.144. The van der Waals surface area contributed by atoms with E-state index in [1.807, 2.05) is 36.4 Å². The van der Waals surface area contributed by atoms with Crippen molar-refractivity contribution >= 4 is 33.7 Å². The van der Waals surface area contributed by atoms with Crippen LogP contribution >= 0.6 is 15.9 Å². The van der Waals surface area contributed by atoms with Crippen molar-refractivity contribution in [2.45, 2.75) is 6.42 Å². The molecule has 2 bridgehead atoms. The molecule has 2 fully saturated rings. The van der Waals surface area contributed by atoms with Gasteiger partial charge in [-0.1, -0.05) is 34.1 Å². The number of ether oxygens (including phenoxy) is 1. The van der Waals surface area contributed by atoms with Crippen LogP contribution in [0.4, 0.5) is 0 Å². The lowest BCUT2D eigenvalue weighted by atomic mass is 9.85. The highest BCUT2D eigenvalue weighted by Crippen LogP contribution is 2.52. The van der Waals surface area contributed by atoms with E-state index in [2.05, 4.69) is 21.2 Å². The molecule has 3 amide bonds. The highest BCUT2D eigenvalue weighted by molar-refractivity contribution is 9.10. The number of halogens is 1. The molecule has 2 aliphatic carbocycles. The molecule has 1 aliphatic heterocycles. The van der Waals surface area contributed by atoms with Crippen LogP contribution < -0.4 is 10.1 Å². The van der Waals surface area contributed by atoms with Gasteiger partial charge in [-0.3, -0.25) is 19.3 Å². The van der Waals surface area contributed by atoms with Crippen LogP contribution in [0.25, 0.3) is 0 Å². The van der Waals surface area contributed by atoms with E-state index in [1.165, 1.54) is 0 Å². The van der Waals surface area contributed by atoms with E-state index in [1.54, 1.807) is 0 Å². The van der Waals surface area contributed by atoms with Gasteiger partial charge in [-0.05, 0) is 36.5 Å². The van der Waals surface area contributed by atoms with Gasteiger partial charge < -0.3 is 10.1 Å².